The molecule has 1 aromatic heterocycles. The largest absolute Gasteiger partial charge is 0.452 e. The molecule has 1 N–H and O–H groups in total. The van der Waals surface area contributed by atoms with Gasteiger partial charge in [0.1, 0.15) is 5.76 Å². The Morgan fingerprint density at radius 3 is 2.72 bits per heavy atom. The van der Waals surface area contributed by atoms with E-state index in [0.29, 0.717) is 17.9 Å². The average molecular weight is 455 g/mol. The number of nitrogens with one attached hydrogen (secondary N) is 1. The molecule has 2 aromatic carbocycles. The number of anilines is 2. The highest BCUT2D eigenvalue weighted by molar-refractivity contribution is 7.92. The second-order valence-corrected chi connectivity index (χ2v) is 9.27. The highest BCUT2D eigenvalue weighted by atomic mass is 32.2. The lowest BCUT2D eigenvalue weighted by Crippen LogP contribution is -2.35. The fourth-order valence-corrected chi connectivity index (χ4v) is 5.36. The van der Waals surface area contributed by atoms with E-state index >= 15 is 0 Å². The molecule has 0 saturated heterocycles. The zero-order valence-electron chi connectivity index (χ0n) is 17.4. The summed E-state index contributed by atoms with van der Waals surface area (Å²) in [6.07, 6.45) is 0.608. The second kappa shape index (κ2) is 8.46. The SMILES string of the molecule is Cc1cc(NC(=O)COC(=O)c2cccc(S(=O)(=O)N3c4ccccc4CC3C)c2)no1. The van der Waals surface area contributed by atoms with Crippen molar-refractivity contribution in [3.05, 3.63) is 71.5 Å². The molecule has 0 aliphatic carbocycles. The van der Waals surface area contributed by atoms with Crippen LogP contribution in [0.3, 0.4) is 0 Å². The van der Waals surface area contributed by atoms with E-state index in [2.05, 4.69) is 10.5 Å². The number of fused-ring (bicyclic) bond motifs is 1. The third kappa shape index (κ3) is 4.22. The summed E-state index contributed by atoms with van der Waals surface area (Å²) in [4.78, 5) is 24.3. The summed E-state index contributed by atoms with van der Waals surface area (Å²) in [6, 6.07) is 14.2. The molecule has 0 radical (unpaired) electrons. The number of carbonyl (C=O) groups is 2. The van der Waals surface area contributed by atoms with Crippen molar-refractivity contribution in [2.24, 2.45) is 0 Å². The number of nitrogens with zero attached hydrogens (tertiary/aromatic N) is 2. The molecule has 1 atom stereocenters. The van der Waals surface area contributed by atoms with Gasteiger partial charge in [-0.15, -0.1) is 0 Å². The van der Waals surface area contributed by atoms with Crippen LogP contribution in [0.1, 0.15) is 28.6 Å². The highest BCUT2D eigenvalue weighted by Crippen LogP contribution is 2.36. The molecule has 0 fully saturated rings. The lowest BCUT2D eigenvalue weighted by molar-refractivity contribution is -0.119. The van der Waals surface area contributed by atoms with E-state index in [-0.39, 0.29) is 22.3 Å². The van der Waals surface area contributed by atoms with Crippen LogP contribution in [0, 0.1) is 6.92 Å². The van der Waals surface area contributed by atoms with Gasteiger partial charge in [0, 0.05) is 12.1 Å². The molecular formula is C22H21N3O6S. The van der Waals surface area contributed by atoms with Crippen LogP contribution in [-0.4, -0.2) is 38.1 Å². The fraction of sp³-hybridized carbons (Fsp3) is 0.227. The maximum Gasteiger partial charge on any atom is 0.338 e. The number of aromatic nitrogens is 1. The van der Waals surface area contributed by atoms with Crippen LogP contribution in [0.2, 0.25) is 0 Å². The van der Waals surface area contributed by atoms with E-state index in [1.54, 1.807) is 19.1 Å². The number of amides is 1. The smallest absolute Gasteiger partial charge is 0.338 e. The first kappa shape index (κ1) is 21.6. The summed E-state index contributed by atoms with van der Waals surface area (Å²) in [5, 5.41) is 6.05. The van der Waals surface area contributed by atoms with Gasteiger partial charge < -0.3 is 14.6 Å². The second-order valence-electron chi connectivity index (χ2n) is 7.46. The van der Waals surface area contributed by atoms with E-state index in [1.807, 2.05) is 19.1 Å². The Bertz CT molecular complexity index is 1280. The highest BCUT2D eigenvalue weighted by Gasteiger charge is 2.36. The van der Waals surface area contributed by atoms with Crippen LogP contribution in [0.25, 0.3) is 0 Å². The predicted molar refractivity (Wildman–Crippen MR) is 116 cm³/mol. The van der Waals surface area contributed by atoms with Gasteiger partial charge >= 0.3 is 5.97 Å². The molecule has 166 valence electrons. The molecule has 0 saturated carbocycles. The molecule has 1 aliphatic heterocycles. The van der Waals surface area contributed by atoms with Crippen LogP contribution >= 0.6 is 0 Å². The first-order valence-electron chi connectivity index (χ1n) is 9.88. The van der Waals surface area contributed by atoms with E-state index in [0.717, 1.165) is 5.56 Å². The Morgan fingerprint density at radius 2 is 1.97 bits per heavy atom. The van der Waals surface area contributed by atoms with Crippen molar-refractivity contribution >= 4 is 33.4 Å². The topological polar surface area (TPSA) is 119 Å². The number of ether oxygens (including phenoxy) is 1. The minimum Gasteiger partial charge on any atom is -0.452 e. The van der Waals surface area contributed by atoms with Gasteiger partial charge in [-0.05, 0) is 50.1 Å². The summed E-state index contributed by atoms with van der Waals surface area (Å²) >= 11 is 0. The lowest BCUT2D eigenvalue weighted by atomic mass is 10.1. The molecule has 0 spiro atoms. The maximum atomic E-state index is 13.3. The normalized spacial score (nSPS) is 15.3. The quantitative estimate of drug-likeness (QED) is 0.568. The molecular weight excluding hydrogens is 434 g/mol. The van der Waals surface area contributed by atoms with Gasteiger partial charge in [-0.1, -0.05) is 29.4 Å². The van der Waals surface area contributed by atoms with Crippen LogP contribution in [0.4, 0.5) is 11.5 Å². The van der Waals surface area contributed by atoms with Gasteiger partial charge in [0.2, 0.25) is 0 Å². The number of sulfonamides is 1. The molecule has 1 unspecified atom stereocenters. The van der Waals surface area contributed by atoms with Crippen molar-refractivity contribution in [1.82, 2.24) is 5.16 Å². The third-order valence-electron chi connectivity index (χ3n) is 5.00. The van der Waals surface area contributed by atoms with E-state index in [4.69, 9.17) is 9.26 Å². The van der Waals surface area contributed by atoms with Crippen molar-refractivity contribution in [1.29, 1.82) is 0 Å². The number of para-hydroxylation sites is 1. The Labute approximate surface area is 185 Å². The molecule has 4 rings (SSSR count). The number of rotatable bonds is 6. The summed E-state index contributed by atoms with van der Waals surface area (Å²) in [6.45, 7) is 2.95. The zero-order chi connectivity index (χ0) is 22.9. The molecule has 32 heavy (non-hydrogen) atoms. The van der Waals surface area contributed by atoms with Crippen molar-refractivity contribution in [2.75, 3.05) is 16.2 Å². The van der Waals surface area contributed by atoms with Gasteiger partial charge in [-0.2, -0.15) is 0 Å². The first-order chi connectivity index (χ1) is 15.3. The summed E-state index contributed by atoms with van der Waals surface area (Å²) in [7, 11) is -3.90. The number of hydrogen-bond acceptors (Lipinski definition) is 7. The summed E-state index contributed by atoms with van der Waals surface area (Å²) in [5.41, 5.74) is 1.61. The fourth-order valence-electron chi connectivity index (χ4n) is 3.62. The molecule has 1 aliphatic rings. The van der Waals surface area contributed by atoms with Gasteiger partial charge in [0.05, 0.1) is 16.1 Å². The maximum absolute atomic E-state index is 13.3. The van der Waals surface area contributed by atoms with E-state index in [1.165, 1.54) is 34.6 Å². The van der Waals surface area contributed by atoms with E-state index in [9.17, 15) is 18.0 Å². The van der Waals surface area contributed by atoms with Crippen molar-refractivity contribution < 1.29 is 27.3 Å². The zero-order valence-corrected chi connectivity index (χ0v) is 18.3. The molecule has 9 nitrogen and oxygen atoms in total. The predicted octanol–water partition coefficient (Wildman–Crippen LogP) is 2.92. The minimum absolute atomic E-state index is 0.0243. The standard InChI is InChI=1S/C22H21N3O6S/c1-14-10-16-6-3-4-9-19(16)25(14)32(28,29)18-8-5-7-17(12-18)22(27)30-13-21(26)23-20-11-15(2)31-24-20/h3-9,11-12,14H,10,13H2,1-2H3,(H,23,24,26). The van der Waals surface area contributed by atoms with Gasteiger partial charge in [0.25, 0.3) is 15.9 Å². The van der Waals surface area contributed by atoms with Crippen molar-refractivity contribution in [3.63, 3.8) is 0 Å². The third-order valence-corrected chi connectivity index (χ3v) is 6.93. The van der Waals surface area contributed by atoms with Gasteiger partial charge in [-0.3, -0.25) is 9.10 Å². The molecule has 2 heterocycles. The van der Waals surface area contributed by atoms with Gasteiger partial charge in [0.15, 0.2) is 12.4 Å². The van der Waals surface area contributed by atoms with Crippen LogP contribution in [0.5, 0.6) is 0 Å². The lowest BCUT2D eigenvalue weighted by Gasteiger charge is -2.24. The Morgan fingerprint density at radius 1 is 1.19 bits per heavy atom. The van der Waals surface area contributed by atoms with Gasteiger partial charge in [-0.25, -0.2) is 13.2 Å². The van der Waals surface area contributed by atoms with Crippen LogP contribution < -0.4 is 9.62 Å². The first-order valence-corrected chi connectivity index (χ1v) is 11.3. The molecule has 10 heteroatoms. The molecule has 1 amide bonds. The van der Waals surface area contributed by atoms with E-state index < -0.39 is 28.5 Å². The minimum atomic E-state index is -3.90. The summed E-state index contributed by atoms with van der Waals surface area (Å²) in [5.74, 6) is -0.691. The van der Waals surface area contributed by atoms with Crippen LogP contribution in [-0.2, 0) is 26.0 Å². The van der Waals surface area contributed by atoms with Crippen molar-refractivity contribution in [3.8, 4) is 0 Å². The summed E-state index contributed by atoms with van der Waals surface area (Å²) < 4.78 is 37.9. The Balaban J connectivity index is 1.48. The molecule has 3 aromatic rings. The number of esters is 1. The van der Waals surface area contributed by atoms with Crippen LogP contribution in [0.15, 0.2) is 64.0 Å². The van der Waals surface area contributed by atoms with Crippen molar-refractivity contribution in [2.45, 2.75) is 31.2 Å². The molecule has 0 bridgehead atoms. The number of hydrogen-bond donors (Lipinski definition) is 1. The number of carbonyl (C=O) groups excluding carboxylic acids is 2. The average Bonchev–Trinajstić information content (AvgIpc) is 3.33. The number of aryl methyl sites for hydroxylation is 1. The number of benzene rings is 2. The Kier molecular flexibility index (Phi) is 5.70. The monoisotopic (exact) mass is 455 g/mol. The Hall–Kier alpha value is -3.66.